The number of H-pyrrole nitrogens is 1. The summed E-state index contributed by atoms with van der Waals surface area (Å²) < 4.78 is 0. The molecule has 0 aromatic carbocycles. The van der Waals surface area contributed by atoms with Crippen LogP contribution >= 0.6 is 0 Å². The quantitative estimate of drug-likeness (QED) is 0.561. The monoisotopic (exact) mass is 245 g/mol. The molecule has 4 heterocycles. The maximum Gasteiger partial charge on any atom is 0.137 e. The maximum absolute atomic E-state index is 4.31. The van der Waals surface area contributed by atoms with Gasteiger partial charge >= 0.3 is 0 Å². The Balaban J connectivity index is 2.10. The number of rotatable bonds is 1. The zero-order chi connectivity index (χ0) is 12.7. The van der Waals surface area contributed by atoms with Gasteiger partial charge in [0.15, 0.2) is 0 Å². The highest BCUT2D eigenvalue weighted by Gasteiger charge is 2.10. The van der Waals surface area contributed by atoms with Gasteiger partial charge in [0.2, 0.25) is 0 Å². The largest absolute Gasteiger partial charge is 0.346 e. The van der Waals surface area contributed by atoms with Gasteiger partial charge in [0.05, 0.1) is 6.20 Å². The van der Waals surface area contributed by atoms with Crippen LogP contribution in [0.1, 0.15) is 0 Å². The van der Waals surface area contributed by atoms with Crippen molar-refractivity contribution < 1.29 is 0 Å². The van der Waals surface area contributed by atoms with Gasteiger partial charge in [-0.2, -0.15) is 0 Å². The molecular formula is C15H9N4. The highest BCUT2D eigenvalue weighted by Crippen LogP contribution is 2.31. The SMILES string of the molecule is [c]1ncc(-c2c[nH]c3ncccc23)c2ccncc12. The van der Waals surface area contributed by atoms with Crippen LogP contribution in [0.25, 0.3) is 32.9 Å². The van der Waals surface area contributed by atoms with Crippen molar-refractivity contribution in [3.8, 4) is 11.1 Å². The summed E-state index contributed by atoms with van der Waals surface area (Å²) in [6, 6.07) is 5.97. The van der Waals surface area contributed by atoms with Gasteiger partial charge in [0.25, 0.3) is 0 Å². The Morgan fingerprint density at radius 3 is 3.00 bits per heavy atom. The third-order valence-electron chi connectivity index (χ3n) is 3.23. The van der Waals surface area contributed by atoms with E-state index in [4.69, 9.17) is 0 Å². The molecule has 0 saturated carbocycles. The zero-order valence-electron chi connectivity index (χ0n) is 9.96. The van der Waals surface area contributed by atoms with Crippen LogP contribution in [0.3, 0.4) is 0 Å². The first kappa shape index (κ1) is 10.2. The number of aromatic amines is 1. The maximum atomic E-state index is 4.31. The van der Waals surface area contributed by atoms with E-state index < -0.39 is 0 Å². The molecule has 0 fully saturated rings. The number of hydrogen-bond acceptors (Lipinski definition) is 3. The third kappa shape index (κ3) is 1.50. The lowest BCUT2D eigenvalue weighted by Gasteiger charge is -2.03. The summed E-state index contributed by atoms with van der Waals surface area (Å²) in [6.07, 6.45) is 12.1. The Bertz CT molecular complexity index is 874. The van der Waals surface area contributed by atoms with Crippen LogP contribution in [0.4, 0.5) is 0 Å². The molecule has 0 bridgehead atoms. The van der Waals surface area contributed by atoms with Gasteiger partial charge < -0.3 is 4.98 Å². The first-order valence-corrected chi connectivity index (χ1v) is 5.96. The summed E-state index contributed by atoms with van der Waals surface area (Å²) in [5.74, 6) is 0. The number of nitrogens with zero attached hydrogens (tertiary/aromatic N) is 3. The molecule has 0 aliphatic rings. The second-order valence-corrected chi connectivity index (χ2v) is 4.31. The number of aromatic nitrogens is 4. The Morgan fingerprint density at radius 2 is 2.00 bits per heavy atom. The number of fused-ring (bicyclic) bond motifs is 2. The predicted molar refractivity (Wildman–Crippen MR) is 73.5 cm³/mol. The first-order chi connectivity index (χ1) is 9.43. The molecule has 0 saturated heterocycles. The minimum Gasteiger partial charge on any atom is -0.346 e. The van der Waals surface area contributed by atoms with E-state index in [-0.39, 0.29) is 0 Å². The average Bonchev–Trinajstić information content (AvgIpc) is 2.90. The predicted octanol–water partition coefficient (Wildman–Crippen LogP) is 2.97. The molecule has 0 aliphatic heterocycles. The molecular weight excluding hydrogens is 236 g/mol. The van der Waals surface area contributed by atoms with Crippen LogP contribution in [0, 0.1) is 6.20 Å². The summed E-state index contributed by atoms with van der Waals surface area (Å²) in [5, 5.41) is 3.10. The smallest absolute Gasteiger partial charge is 0.137 e. The molecule has 1 N–H and O–H groups in total. The second kappa shape index (κ2) is 3.88. The standard InChI is InChI=1S/C15H9N4/c1-2-12-14(9-19-15(12)18-4-1)13-8-17-7-10-6-16-5-3-11(10)13/h1-6,8-9H,(H,18,19). The number of pyridine rings is 3. The van der Waals surface area contributed by atoms with E-state index in [9.17, 15) is 0 Å². The van der Waals surface area contributed by atoms with E-state index in [0.717, 1.165) is 32.9 Å². The molecule has 4 heteroatoms. The minimum atomic E-state index is 0.882. The van der Waals surface area contributed by atoms with Gasteiger partial charge in [-0.15, -0.1) is 0 Å². The van der Waals surface area contributed by atoms with Crippen LogP contribution in [0.5, 0.6) is 0 Å². The van der Waals surface area contributed by atoms with Crippen molar-refractivity contribution in [2.24, 2.45) is 0 Å². The molecule has 0 spiro atoms. The van der Waals surface area contributed by atoms with E-state index in [1.165, 1.54) is 0 Å². The van der Waals surface area contributed by atoms with Crippen LogP contribution < -0.4 is 0 Å². The van der Waals surface area contributed by atoms with Gasteiger partial charge in [-0.05, 0) is 23.6 Å². The zero-order valence-corrected chi connectivity index (χ0v) is 9.96. The Labute approximate surface area is 109 Å². The lowest BCUT2D eigenvalue weighted by atomic mass is 10.0. The summed E-state index contributed by atoms with van der Waals surface area (Å²) in [4.78, 5) is 15.8. The van der Waals surface area contributed by atoms with E-state index in [1.807, 2.05) is 24.5 Å². The average molecular weight is 245 g/mol. The van der Waals surface area contributed by atoms with Crippen LogP contribution in [0.15, 0.2) is 49.2 Å². The third-order valence-corrected chi connectivity index (χ3v) is 3.23. The molecule has 4 nitrogen and oxygen atoms in total. The molecule has 0 aliphatic carbocycles. The molecule has 4 aromatic heterocycles. The van der Waals surface area contributed by atoms with Crippen molar-refractivity contribution >= 4 is 21.8 Å². The van der Waals surface area contributed by atoms with E-state index in [2.05, 4.69) is 32.2 Å². The van der Waals surface area contributed by atoms with Crippen molar-refractivity contribution in [1.82, 2.24) is 19.9 Å². The van der Waals surface area contributed by atoms with Crippen LogP contribution in [-0.2, 0) is 0 Å². The molecule has 0 amide bonds. The van der Waals surface area contributed by atoms with Gasteiger partial charge in [-0.1, -0.05) is 0 Å². The number of nitrogens with one attached hydrogen (secondary N) is 1. The summed E-state index contributed by atoms with van der Waals surface area (Å²) in [5.41, 5.74) is 3.05. The Morgan fingerprint density at radius 1 is 1.00 bits per heavy atom. The molecule has 89 valence electrons. The van der Waals surface area contributed by atoms with E-state index in [1.54, 1.807) is 18.6 Å². The normalized spacial score (nSPS) is 11.2. The van der Waals surface area contributed by atoms with Crippen molar-refractivity contribution in [2.75, 3.05) is 0 Å². The first-order valence-electron chi connectivity index (χ1n) is 5.96. The van der Waals surface area contributed by atoms with E-state index in [0.29, 0.717) is 0 Å². The number of hydrogen-bond donors (Lipinski definition) is 1. The summed E-state index contributed by atoms with van der Waals surface area (Å²) in [7, 11) is 0. The van der Waals surface area contributed by atoms with Crippen molar-refractivity contribution in [1.29, 1.82) is 0 Å². The van der Waals surface area contributed by atoms with Crippen molar-refractivity contribution in [3.05, 3.63) is 55.4 Å². The van der Waals surface area contributed by atoms with Gasteiger partial charge in [-0.25, -0.2) is 4.98 Å². The van der Waals surface area contributed by atoms with Gasteiger partial charge in [0, 0.05) is 52.9 Å². The van der Waals surface area contributed by atoms with Gasteiger partial charge in [-0.3, -0.25) is 9.97 Å². The molecule has 0 unspecified atom stereocenters. The van der Waals surface area contributed by atoms with E-state index >= 15 is 0 Å². The fourth-order valence-electron chi connectivity index (χ4n) is 2.35. The molecule has 4 aromatic rings. The van der Waals surface area contributed by atoms with Crippen LogP contribution in [0.2, 0.25) is 0 Å². The lowest BCUT2D eigenvalue weighted by Crippen LogP contribution is -1.84. The fourth-order valence-corrected chi connectivity index (χ4v) is 2.35. The minimum absolute atomic E-state index is 0.882. The lowest BCUT2D eigenvalue weighted by molar-refractivity contribution is 1.31. The molecule has 4 rings (SSSR count). The summed E-state index contributed by atoms with van der Waals surface area (Å²) in [6.45, 7) is 0. The highest BCUT2D eigenvalue weighted by atomic mass is 14.8. The van der Waals surface area contributed by atoms with Gasteiger partial charge in [0.1, 0.15) is 5.65 Å². The Kier molecular flexibility index (Phi) is 2.08. The Hall–Kier alpha value is -2.75. The summed E-state index contributed by atoms with van der Waals surface area (Å²) >= 11 is 0. The van der Waals surface area contributed by atoms with Crippen LogP contribution in [-0.4, -0.2) is 19.9 Å². The second-order valence-electron chi connectivity index (χ2n) is 4.31. The van der Waals surface area contributed by atoms with Crippen molar-refractivity contribution in [3.63, 3.8) is 0 Å². The highest BCUT2D eigenvalue weighted by molar-refractivity contribution is 6.03. The van der Waals surface area contributed by atoms with Crippen molar-refractivity contribution in [2.45, 2.75) is 0 Å². The molecule has 1 radical (unpaired) electrons. The molecule has 0 atom stereocenters. The fraction of sp³-hybridized carbons (Fsp3) is 0. The topological polar surface area (TPSA) is 54.5 Å². The molecule has 19 heavy (non-hydrogen) atoms.